The molecule has 0 aromatic heterocycles. The second kappa shape index (κ2) is 5.54. The van der Waals surface area contributed by atoms with E-state index in [1.807, 2.05) is 13.8 Å². The third kappa shape index (κ3) is 2.80. The number of phenolic OH excluding ortho intramolecular Hbond substituents is 1. The molecule has 1 aromatic carbocycles. The highest BCUT2D eigenvalue weighted by atomic mass is 16.3. The van der Waals surface area contributed by atoms with Gasteiger partial charge in [0, 0.05) is 5.56 Å². The highest BCUT2D eigenvalue weighted by molar-refractivity contribution is 5.96. The average molecular weight is 246 g/mol. The third-order valence-corrected chi connectivity index (χ3v) is 3.23. The van der Waals surface area contributed by atoms with Crippen molar-refractivity contribution in [2.45, 2.75) is 39.2 Å². The van der Waals surface area contributed by atoms with E-state index < -0.39 is 5.54 Å². The number of nitrogens with one attached hydrogen (secondary N) is 1. The van der Waals surface area contributed by atoms with Crippen LogP contribution in [0.3, 0.4) is 0 Å². The Hall–Kier alpha value is -2.02. The smallest absolute Gasteiger partial charge is 0.252 e. The molecule has 0 spiro atoms. The number of carbonyl (C=O) groups is 1. The van der Waals surface area contributed by atoms with Gasteiger partial charge in [-0.05, 0) is 43.5 Å². The summed E-state index contributed by atoms with van der Waals surface area (Å²) in [5.41, 5.74) is 0.349. The minimum absolute atomic E-state index is 0.126. The van der Waals surface area contributed by atoms with Gasteiger partial charge in [0.1, 0.15) is 11.3 Å². The Labute approximate surface area is 107 Å². The van der Waals surface area contributed by atoms with Crippen molar-refractivity contribution in [3.8, 4) is 11.8 Å². The maximum absolute atomic E-state index is 12.1. The molecule has 1 aromatic rings. The van der Waals surface area contributed by atoms with Crippen LogP contribution in [-0.4, -0.2) is 16.6 Å². The van der Waals surface area contributed by atoms with Gasteiger partial charge in [0.05, 0.1) is 6.07 Å². The zero-order valence-corrected chi connectivity index (χ0v) is 10.9. The molecular weight excluding hydrogens is 228 g/mol. The van der Waals surface area contributed by atoms with Crippen molar-refractivity contribution >= 4 is 5.91 Å². The summed E-state index contributed by atoms with van der Waals surface area (Å²) in [4.78, 5) is 12.1. The van der Waals surface area contributed by atoms with Crippen molar-refractivity contribution < 1.29 is 9.90 Å². The molecule has 0 unspecified atom stereocenters. The minimum Gasteiger partial charge on any atom is -0.508 e. The van der Waals surface area contributed by atoms with E-state index in [1.54, 1.807) is 13.0 Å². The van der Waals surface area contributed by atoms with Gasteiger partial charge in [-0.2, -0.15) is 5.26 Å². The van der Waals surface area contributed by atoms with Crippen molar-refractivity contribution in [3.63, 3.8) is 0 Å². The van der Waals surface area contributed by atoms with Crippen LogP contribution in [-0.2, 0) is 0 Å². The fraction of sp³-hybridized carbons (Fsp3) is 0.429. The molecule has 18 heavy (non-hydrogen) atoms. The van der Waals surface area contributed by atoms with Crippen LogP contribution >= 0.6 is 0 Å². The number of aromatic hydroxyl groups is 1. The molecule has 0 radical (unpaired) electrons. The number of hydrogen-bond acceptors (Lipinski definition) is 3. The van der Waals surface area contributed by atoms with E-state index in [0.717, 1.165) is 0 Å². The molecule has 0 aliphatic heterocycles. The van der Waals surface area contributed by atoms with Gasteiger partial charge in [-0.3, -0.25) is 4.79 Å². The molecule has 96 valence electrons. The fourth-order valence-electron chi connectivity index (χ4n) is 1.80. The van der Waals surface area contributed by atoms with Gasteiger partial charge in [0.15, 0.2) is 0 Å². The van der Waals surface area contributed by atoms with E-state index in [4.69, 9.17) is 0 Å². The maximum atomic E-state index is 12.1. The van der Waals surface area contributed by atoms with Crippen molar-refractivity contribution in [2.75, 3.05) is 0 Å². The van der Waals surface area contributed by atoms with Crippen LogP contribution in [0.15, 0.2) is 18.2 Å². The summed E-state index contributed by atoms with van der Waals surface area (Å²) in [6.45, 7) is 5.49. The Morgan fingerprint density at radius 2 is 2.06 bits per heavy atom. The molecule has 4 heteroatoms. The lowest BCUT2D eigenvalue weighted by Gasteiger charge is -2.25. The second-order valence-corrected chi connectivity index (χ2v) is 4.35. The lowest BCUT2D eigenvalue weighted by Crippen LogP contribution is -2.46. The lowest BCUT2D eigenvalue weighted by molar-refractivity contribution is 0.0915. The standard InChI is InChI=1S/C14H18N2O2/c1-4-14(5-2,9-15)16-13(18)12-7-6-11(17)8-10(12)3/h6-8,17H,4-5H2,1-3H3,(H,16,18). The number of nitrogens with zero attached hydrogens (tertiary/aromatic N) is 1. The van der Waals surface area contributed by atoms with E-state index in [9.17, 15) is 15.2 Å². The predicted octanol–water partition coefficient (Wildman–Crippen LogP) is 2.51. The quantitative estimate of drug-likeness (QED) is 0.857. The van der Waals surface area contributed by atoms with Crippen molar-refractivity contribution in [1.29, 1.82) is 5.26 Å². The first-order valence-electron chi connectivity index (χ1n) is 6.01. The van der Waals surface area contributed by atoms with Crippen LogP contribution in [0.4, 0.5) is 0 Å². The average Bonchev–Trinajstić information content (AvgIpc) is 2.36. The molecule has 1 rings (SSSR count). The van der Waals surface area contributed by atoms with Crippen LogP contribution in [0.1, 0.15) is 42.6 Å². The molecule has 0 fully saturated rings. The van der Waals surface area contributed by atoms with Gasteiger partial charge >= 0.3 is 0 Å². The number of hydrogen-bond donors (Lipinski definition) is 2. The fourth-order valence-corrected chi connectivity index (χ4v) is 1.80. The van der Waals surface area contributed by atoms with Gasteiger partial charge in [-0.1, -0.05) is 13.8 Å². The maximum Gasteiger partial charge on any atom is 0.252 e. The molecule has 1 amide bonds. The van der Waals surface area contributed by atoms with E-state index in [2.05, 4.69) is 11.4 Å². The molecule has 0 bridgehead atoms. The number of rotatable bonds is 4. The molecule has 4 nitrogen and oxygen atoms in total. The van der Waals surface area contributed by atoms with Crippen molar-refractivity contribution in [1.82, 2.24) is 5.32 Å². The molecule has 0 aliphatic carbocycles. The number of amides is 1. The second-order valence-electron chi connectivity index (χ2n) is 4.35. The monoisotopic (exact) mass is 246 g/mol. The van der Waals surface area contributed by atoms with E-state index in [-0.39, 0.29) is 11.7 Å². The number of aryl methyl sites for hydroxylation is 1. The van der Waals surface area contributed by atoms with Gasteiger partial charge in [0.2, 0.25) is 0 Å². The van der Waals surface area contributed by atoms with Gasteiger partial charge in [-0.25, -0.2) is 0 Å². The van der Waals surface area contributed by atoms with Crippen LogP contribution in [0.5, 0.6) is 5.75 Å². The minimum atomic E-state index is -0.818. The van der Waals surface area contributed by atoms with Crippen molar-refractivity contribution in [2.24, 2.45) is 0 Å². The zero-order chi connectivity index (χ0) is 13.8. The summed E-state index contributed by atoms with van der Waals surface area (Å²) in [7, 11) is 0. The van der Waals surface area contributed by atoms with Crippen LogP contribution in [0, 0.1) is 18.3 Å². The lowest BCUT2D eigenvalue weighted by atomic mass is 9.94. The third-order valence-electron chi connectivity index (χ3n) is 3.23. The first-order valence-corrected chi connectivity index (χ1v) is 6.01. The summed E-state index contributed by atoms with van der Waals surface area (Å²) < 4.78 is 0. The largest absolute Gasteiger partial charge is 0.508 e. The molecule has 0 saturated carbocycles. The van der Waals surface area contributed by atoms with Crippen LogP contribution < -0.4 is 5.32 Å². The predicted molar refractivity (Wildman–Crippen MR) is 69.2 cm³/mol. The molecule has 2 N–H and O–H groups in total. The summed E-state index contributed by atoms with van der Waals surface area (Å²) in [6.07, 6.45) is 1.12. The van der Waals surface area contributed by atoms with E-state index in [1.165, 1.54) is 12.1 Å². The summed E-state index contributed by atoms with van der Waals surface area (Å²) in [5.74, 6) is -0.153. The van der Waals surface area contributed by atoms with E-state index in [0.29, 0.717) is 24.0 Å². The van der Waals surface area contributed by atoms with Gasteiger partial charge < -0.3 is 10.4 Å². The summed E-state index contributed by atoms with van der Waals surface area (Å²) >= 11 is 0. The van der Waals surface area contributed by atoms with Crippen molar-refractivity contribution in [3.05, 3.63) is 29.3 Å². The Morgan fingerprint density at radius 1 is 1.44 bits per heavy atom. The number of nitriles is 1. The van der Waals surface area contributed by atoms with Crippen LogP contribution in [0.25, 0.3) is 0 Å². The van der Waals surface area contributed by atoms with Crippen LogP contribution in [0.2, 0.25) is 0 Å². The number of phenols is 1. The molecule has 0 saturated heterocycles. The van der Waals surface area contributed by atoms with Gasteiger partial charge in [-0.15, -0.1) is 0 Å². The topological polar surface area (TPSA) is 73.1 Å². The molecule has 0 atom stereocenters. The summed E-state index contributed by atoms with van der Waals surface area (Å²) in [5, 5.41) is 21.3. The summed E-state index contributed by atoms with van der Waals surface area (Å²) in [6, 6.07) is 6.72. The Bertz CT molecular complexity index is 485. The van der Waals surface area contributed by atoms with E-state index >= 15 is 0 Å². The molecule has 0 heterocycles. The highest BCUT2D eigenvalue weighted by Crippen LogP contribution is 2.19. The molecule has 0 aliphatic rings. The highest BCUT2D eigenvalue weighted by Gasteiger charge is 2.28. The SMILES string of the molecule is CCC(C#N)(CC)NC(=O)c1ccc(O)cc1C. The van der Waals surface area contributed by atoms with Gasteiger partial charge in [0.25, 0.3) is 5.91 Å². The zero-order valence-electron chi connectivity index (χ0n) is 10.9. The number of carbonyl (C=O) groups excluding carboxylic acids is 1. The number of benzene rings is 1. The Morgan fingerprint density at radius 3 is 2.50 bits per heavy atom. The first-order chi connectivity index (χ1) is 8.48. The normalized spacial score (nSPS) is 10.8. The Kier molecular flexibility index (Phi) is 4.33. The molecular formula is C14H18N2O2. The Balaban J connectivity index is 2.99. The first kappa shape index (κ1) is 14.0.